The summed E-state index contributed by atoms with van der Waals surface area (Å²) in [6.07, 6.45) is 0. The van der Waals surface area contributed by atoms with Crippen molar-refractivity contribution in [3.8, 4) is 0 Å². The molecule has 0 unspecified atom stereocenters. The summed E-state index contributed by atoms with van der Waals surface area (Å²) in [5.41, 5.74) is -0.278. The molecule has 4 nitrogen and oxygen atoms in total. The third kappa shape index (κ3) is 1.87. The van der Waals surface area contributed by atoms with Gasteiger partial charge in [0.25, 0.3) is 0 Å². The van der Waals surface area contributed by atoms with Gasteiger partial charge in [0.1, 0.15) is 5.69 Å². The number of ether oxygens (including phenoxy) is 1. The van der Waals surface area contributed by atoms with Gasteiger partial charge >= 0.3 is 5.97 Å². The van der Waals surface area contributed by atoms with Gasteiger partial charge in [0.15, 0.2) is 5.82 Å². The Hall–Kier alpha value is -1.78. The number of esters is 1. The van der Waals surface area contributed by atoms with Crippen LogP contribution in [0.15, 0.2) is 23.4 Å². The molecule has 0 spiro atoms. The summed E-state index contributed by atoms with van der Waals surface area (Å²) >= 11 is 0. The molecule has 1 rings (SSSR count). The molecule has 13 heavy (non-hydrogen) atoms. The standard InChI is InChI=1S/C8H6FNO3/c1-13-8(11)5-2-3-7(10-12)6(9)4-5/h2-4H,1H3. The number of benzene rings is 1. The number of halogens is 1. The number of hydrogen-bond donors (Lipinski definition) is 0. The van der Waals surface area contributed by atoms with Crippen LogP contribution >= 0.6 is 0 Å². The number of hydrogen-bond acceptors (Lipinski definition) is 4. The smallest absolute Gasteiger partial charge is 0.337 e. The van der Waals surface area contributed by atoms with Gasteiger partial charge in [-0.1, -0.05) is 0 Å². The van der Waals surface area contributed by atoms with Crippen LogP contribution in [0.1, 0.15) is 10.4 Å². The van der Waals surface area contributed by atoms with Crippen molar-refractivity contribution in [1.29, 1.82) is 0 Å². The molecule has 0 saturated heterocycles. The number of nitrogens with zero attached hydrogens (tertiary/aromatic N) is 1. The second-order valence-corrected chi connectivity index (χ2v) is 2.25. The van der Waals surface area contributed by atoms with Crippen molar-refractivity contribution in [2.45, 2.75) is 0 Å². The summed E-state index contributed by atoms with van der Waals surface area (Å²) in [4.78, 5) is 20.8. The summed E-state index contributed by atoms with van der Waals surface area (Å²) in [7, 11) is 1.19. The molecule has 68 valence electrons. The molecule has 0 fully saturated rings. The van der Waals surface area contributed by atoms with Crippen molar-refractivity contribution in [3.05, 3.63) is 34.5 Å². The lowest BCUT2D eigenvalue weighted by molar-refractivity contribution is 0.0600. The molecule has 0 aliphatic heterocycles. The molecule has 0 aliphatic rings. The molecule has 1 aromatic carbocycles. The molecule has 0 aliphatic carbocycles. The molecule has 0 N–H and O–H groups in total. The highest BCUT2D eigenvalue weighted by Crippen LogP contribution is 2.18. The first kappa shape index (κ1) is 9.31. The van der Waals surface area contributed by atoms with E-state index in [4.69, 9.17) is 0 Å². The largest absolute Gasteiger partial charge is 0.465 e. The minimum Gasteiger partial charge on any atom is -0.465 e. The molecule has 0 heterocycles. The zero-order valence-corrected chi connectivity index (χ0v) is 6.78. The van der Waals surface area contributed by atoms with E-state index >= 15 is 0 Å². The van der Waals surface area contributed by atoms with E-state index in [1.165, 1.54) is 13.2 Å². The zero-order chi connectivity index (χ0) is 9.84. The van der Waals surface area contributed by atoms with Crippen molar-refractivity contribution < 1.29 is 13.9 Å². The second-order valence-electron chi connectivity index (χ2n) is 2.25. The summed E-state index contributed by atoms with van der Waals surface area (Å²) in [6, 6.07) is 3.29. The van der Waals surface area contributed by atoms with Crippen molar-refractivity contribution in [2.24, 2.45) is 5.18 Å². The number of carbonyl (C=O) groups is 1. The van der Waals surface area contributed by atoms with Gasteiger partial charge < -0.3 is 4.74 Å². The summed E-state index contributed by atoms with van der Waals surface area (Å²) in [5, 5.41) is 2.42. The van der Waals surface area contributed by atoms with E-state index in [1.54, 1.807) is 0 Å². The second kappa shape index (κ2) is 3.75. The maximum atomic E-state index is 12.8. The molecule has 0 radical (unpaired) electrons. The van der Waals surface area contributed by atoms with Gasteiger partial charge in [-0.2, -0.15) is 0 Å². The highest BCUT2D eigenvalue weighted by Gasteiger charge is 2.09. The first-order valence-corrected chi connectivity index (χ1v) is 3.40. The van der Waals surface area contributed by atoms with Crippen LogP contribution in [-0.4, -0.2) is 13.1 Å². The fourth-order valence-electron chi connectivity index (χ4n) is 0.826. The van der Waals surface area contributed by atoms with Gasteiger partial charge in [-0.15, -0.1) is 4.91 Å². The van der Waals surface area contributed by atoms with E-state index in [0.717, 1.165) is 12.1 Å². The summed E-state index contributed by atoms with van der Waals surface area (Å²) in [6.45, 7) is 0. The lowest BCUT2D eigenvalue weighted by Crippen LogP contribution is -2.01. The van der Waals surface area contributed by atoms with Crippen LogP contribution in [0, 0.1) is 10.7 Å². The van der Waals surface area contributed by atoms with Crippen molar-refractivity contribution >= 4 is 11.7 Å². The van der Waals surface area contributed by atoms with Gasteiger partial charge in [-0.25, -0.2) is 9.18 Å². The van der Waals surface area contributed by atoms with E-state index in [0.29, 0.717) is 0 Å². The third-order valence-electron chi connectivity index (χ3n) is 1.47. The number of methoxy groups -OCH3 is 1. The average molecular weight is 183 g/mol. The minimum atomic E-state index is -0.835. The van der Waals surface area contributed by atoms with E-state index in [1.807, 2.05) is 0 Å². The first-order valence-electron chi connectivity index (χ1n) is 3.40. The maximum Gasteiger partial charge on any atom is 0.337 e. The molecule has 5 heteroatoms. The Morgan fingerprint density at radius 1 is 1.54 bits per heavy atom. The fourth-order valence-corrected chi connectivity index (χ4v) is 0.826. The van der Waals surface area contributed by atoms with Crippen molar-refractivity contribution in [3.63, 3.8) is 0 Å². The third-order valence-corrected chi connectivity index (χ3v) is 1.47. The lowest BCUT2D eigenvalue weighted by Gasteiger charge is -1.98. The Morgan fingerprint density at radius 3 is 2.69 bits per heavy atom. The Bertz CT molecular complexity index is 351. The van der Waals surface area contributed by atoms with Gasteiger partial charge in [0.2, 0.25) is 0 Å². The van der Waals surface area contributed by atoms with E-state index in [-0.39, 0.29) is 11.3 Å². The highest BCUT2D eigenvalue weighted by atomic mass is 19.1. The van der Waals surface area contributed by atoms with E-state index in [2.05, 4.69) is 9.91 Å². The lowest BCUT2D eigenvalue weighted by atomic mass is 10.2. The van der Waals surface area contributed by atoms with Gasteiger partial charge in [0.05, 0.1) is 12.7 Å². The van der Waals surface area contributed by atoms with Crippen LogP contribution in [0.2, 0.25) is 0 Å². The number of rotatable bonds is 2. The van der Waals surface area contributed by atoms with Crippen LogP contribution < -0.4 is 0 Å². The minimum absolute atomic E-state index is 0.0485. The van der Waals surface area contributed by atoms with Crippen LogP contribution in [0.3, 0.4) is 0 Å². The molecule has 0 bridgehead atoms. The van der Waals surface area contributed by atoms with Crippen molar-refractivity contribution in [2.75, 3.05) is 7.11 Å². The van der Waals surface area contributed by atoms with Gasteiger partial charge in [-0.05, 0) is 23.4 Å². The topological polar surface area (TPSA) is 55.7 Å². The molecule has 0 saturated carbocycles. The SMILES string of the molecule is COC(=O)c1ccc(N=O)c(F)c1. The fraction of sp³-hybridized carbons (Fsp3) is 0.125. The Labute approximate surface area is 73.3 Å². The number of nitroso groups, excluding NO2 is 1. The summed E-state index contributed by atoms with van der Waals surface area (Å²) in [5.74, 6) is -1.49. The quantitative estimate of drug-likeness (QED) is 0.520. The van der Waals surface area contributed by atoms with Gasteiger partial charge in [0, 0.05) is 0 Å². The predicted octanol–water partition coefficient (Wildman–Crippen LogP) is 2.01. The van der Waals surface area contributed by atoms with Crippen LogP contribution in [-0.2, 0) is 4.74 Å². The normalized spacial score (nSPS) is 9.38. The molecular formula is C8H6FNO3. The highest BCUT2D eigenvalue weighted by molar-refractivity contribution is 5.89. The predicted molar refractivity (Wildman–Crippen MR) is 43.2 cm³/mol. The Morgan fingerprint density at radius 2 is 2.23 bits per heavy atom. The molecule has 0 aromatic heterocycles. The number of carbonyl (C=O) groups excluding carboxylic acids is 1. The van der Waals surface area contributed by atoms with Crippen molar-refractivity contribution in [1.82, 2.24) is 0 Å². The van der Waals surface area contributed by atoms with Crippen LogP contribution in [0.5, 0.6) is 0 Å². The van der Waals surface area contributed by atoms with E-state index in [9.17, 15) is 14.1 Å². The van der Waals surface area contributed by atoms with Crippen LogP contribution in [0.25, 0.3) is 0 Å². The Balaban J connectivity index is 3.09. The van der Waals surface area contributed by atoms with Crippen LogP contribution in [0.4, 0.5) is 10.1 Å². The zero-order valence-electron chi connectivity index (χ0n) is 6.78. The Kier molecular flexibility index (Phi) is 2.69. The van der Waals surface area contributed by atoms with E-state index < -0.39 is 11.8 Å². The van der Waals surface area contributed by atoms with Gasteiger partial charge in [-0.3, -0.25) is 0 Å². The summed E-state index contributed by atoms with van der Waals surface area (Å²) < 4.78 is 17.2. The first-order chi connectivity index (χ1) is 6.19. The average Bonchev–Trinajstić information content (AvgIpc) is 2.16. The molecular weight excluding hydrogens is 177 g/mol. The molecule has 1 aromatic rings. The maximum absolute atomic E-state index is 12.8. The molecule has 0 atom stereocenters. The monoisotopic (exact) mass is 183 g/mol. The molecule has 0 amide bonds.